The molecule has 3 aromatic rings. The predicted molar refractivity (Wildman–Crippen MR) is 93.8 cm³/mol. The van der Waals surface area contributed by atoms with Gasteiger partial charge in [0.05, 0.1) is 11.3 Å². The predicted octanol–water partition coefficient (Wildman–Crippen LogP) is 2.27. The van der Waals surface area contributed by atoms with Gasteiger partial charge in [-0.15, -0.1) is 0 Å². The molecule has 0 aliphatic carbocycles. The lowest BCUT2D eigenvalue weighted by Crippen LogP contribution is -2.24. The number of hydrogen-bond acceptors (Lipinski definition) is 4. The number of carbonyl (C=O) groups excluding carboxylic acids is 2. The van der Waals surface area contributed by atoms with Crippen LogP contribution < -0.4 is 10.6 Å². The number of aromatic nitrogens is 3. The van der Waals surface area contributed by atoms with E-state index >= 15 is 0 Å². The molecular weight excluding hydrogens is 318 g/mol. The van der Waals surface area contributed by atoms with Crippen LogP contribution in [0.5, 0.6) is 0 Å². The molecule has 7 heteroatoms. The maximum atomic E-state index is 12.6. The van der Waals surface area contributed by atoms with E-state index in [2.05, 4.69) is 20.6 Å². The molecule has 0 fully saturated rings. The molecule has 0 spiro atoms. The second kappa shape index (κ2) is 7.39. The molecule has 0 saturated heterocycles. The highest BCUT2D eigenvalue weighted by molar-refractivity contribution is 6.09. The van der Waals surface area contributed by atoms with Crippen molar-refractivity contribution in [3.63, 3.8) is 0 Å². The molecule has 0 unspecified atom stereocenters. The number of imidazole rings is 1. The second-order valence-corrected chi connectivity index (χ2v) is 5.23. The summed E-state index contributed by atoms with van der Waals surface area (Å²) >= 11 is 0. The minimum Gasteiger partial charge on any atom is -0.352 e. The number of benzene rings is 1. The van der Waals surface area contributed by atoms with Gasteiger partial charge >= 0.3 is 0 Å². The third-order valence-corrected chi connectivity index (χ3v) is 3.53. The normalized spacial score (nSPS) is 10.3. The van der Waals surface area contributed by atoms with Crippen LogP contribution in [-0.4, -0.2) is 32.9 Å². The number of hydrogen-bond donors (Lipinski definition) is 2. The molecule has 126 valence electrons. The smallest absolute Gasteiger partial charge is 0.255 e. The molecule has 0 bridgehead atoms. The Kier molecular flexibility index (Phi) is 4.84. The average molecular weight is 335 g/mol. The Morgan fingerprint density at radius 1 is 1.12 bits per heavy atom. The monoisotopic (exact) mass is 335 g/mol. The van der Waals surface area contributed by atoms with Crippen LogP contribution in [0.1, 0.15) is 27.6 Å². The second-order valence-electron chi connectivity index (χ2n) is 5.23. The van der Waals surface area contributed by atoms with Crippen LogP contribution >= 0.6 is 0 Å². The quantitative estimate of drug-likeness (QED) is 0.748. The molecule has 0 radical (unpaired) electrons. The van der Waals surface area contributed by atoms with E-state index in [1.807, 2.05) is 6.92 Å². The standard InChI is InChI=1S/C18H17N5O2/c1-2-20-18(25)14-5-3-4-6-15(14)22-17(24)13-7-8-21-16(11-13)23-10-9-19-12-23/h3-12H,2H2,1H3,(H,20,25)(H,22,24). The fraction of sp³-hybridized carbons (Fsp3) is 0.111. The zero-order chi connectivity index (χ0) is 17.6. The van der Waals surface area contributed by atoms with Gasteiger partial charge in [-0.1, -0.05) is 12.1 Å². The molecular formula is C18H17N5O2. The Morgan fingerprint density at radius 3 is 2.72 bits per heavy atom. The fourth-order valence-corrected chi connectivity index (χ4v) is 2.34. The van der Waals surface area contributed by atoms with Gasteiger partial charge < -0.3 is 10.6 Å². The summed E-state index contributed by atoms with van der Waals surface area (Å²) in [7, 11) is 0. The number of pyridine rings is 1. The Bertz CT molecular complexity index is 890. The number of nitrogens with zero attached hydrogens (tertiary/aromatic N) is 3. The van der Waals surface area contributed by atoms with Crippen LogP contribution in [0.3, 0.4) is 0 Å². The number of carbonyl (C=O) groups is 2. The first-order chi connectivity index (χ1) is 12.2. The Hall–Kier alpha value is -3.48. The zero-order valence-electron chi connectivity index (χ0n) is 13.6. The van der Waals surface area contributed by atoms with E-state index in [4.69, 9.17) is 0 Å². The maximum Gasteiger partial charge on any atom is 0.255 e. The summed E-state index contributed by atoms with van der Waals surface area (Å²) in [5.41, 5.74) is 1.31. The summed E-state index contributed by atoms with van der Waals surface area (Å²) < 4.78 is 1.71. The van der Waals surface area contributed by atoms with Crippen molar-refractivity contribution in [2.75, 3.05) is 11.9 Å². The molecule has 2 N–H and O–H groups in total. The summed E-state index contributed by atoms with van der Waals surface area (Å²) in [4.78, 5) is 32.9. The van der Waals surface area contributed by atoms with E-state index in [0.717, 1.165) is 0 Å². The van der Waals surface area contributed by atoms with Crippen molar-refractivity contribution in [1.82, 2.24) is 19.9 Å². The van der Waals surface area contributed by atoms with E-state index in [1.54, 1.807) is 65.9 Å². The van der Waals surface area contributed by atoms with Gasteiger partial charge in [0.2, 0.25) is 0 Å². The summed E-state index contributed by atoms with van der Waals surface area (Å²) in [6.07, 6.45) is 6.54. The van der Waals surface area contributed by atoms with Crippen LogP contribution in [0.4, 0.5) is 5.69 Å². The average Bonchev–Trinajstić information content (AvgIpc) is 3.17. The Labute approximate surface area is 144 Å². The van der Waals surface area contributed by atoms with Crippen molar-refractivity contribution >= 4 is 17.5 Å². The molecule has 0 aliphatic heterocycles. The van der Waals surface area contributed by atoms with E-state index < -0.39 is 0 Å². The van der Waals surface area contributed by atoms with Gasteiger partial charge in [-0.2, -0.15) is 0 Å². The Balaban J connectivity index is 1.84. The van der Waals surface area contributed by atoms with E-state index in [1.165, 1.54) is 0 Å². The van der Waals surface area contributed by atoms with Crippen molar-refractivity contribution in [1.29, 1.82) is 0 Å². The molecule has 7 nitrogen and oxygen atoms in total. The highest BCUT2D eigenvalue weighted by Gasteiger charge is 2.14. The first kappa shape index (κ1) is 16.4. The first-order valence-electron chi connectivity index (χ1n) is 7.82. The van der Waals surface area contributed by atoms with Gasteiger partial charge in [0.1, 0.15) is 12.1 Å². The topological polar surface area (TPSA) is 88.9 Å². The van der Waals surface area contributed by atoms with Crippen LogP contribution in [0.25, 0.3) is 5.82 Å². The Morgan fingerprint density at radius 2 is 1.96 bits per heavy atom. The summed E-state index contributed by atoms with van der Waals surface area (Å²) in [6, 6.07) is 10.2. The largest absolute Gasteiger partial charge is 0.352 e. The molecule has 2 amide bonds. The molecule has 1 aromatic carbocycles. The molecule has 2 aromatic heterocycles. The van der Waals surface area contributed by atoms with Gasteiger partial charge in [-0.25, -0.2) is 9.97 Å². The van der Waals surface area contributed by atoms with Crippen molar-refractivity contribution < 1.29 is 9.59 Å². The lowest BCUT2D eigenvalue weighted by molar-refractivity contribution is 0.0956. The summed E-state index contributed by atoms with van der Waals surface area (Å²) in [6.45, 7) is 2.35. The van der Waals surface area contributed by atoms with Gasteiger partial charge in [0.15, 0.2) is 0 Å². The first-order valence-corrected chi connectivity index (χ1v) is 7.82. The third kappa shape index (κ3) is 3.72. The van der Waals surface area contributed by atoms with Crippen molar-refractivity contribution in [3.05, 3.63) is 72.4 Å². The zero-order valence-corrected chi connectivity index (χ0v) is 13.6. The van der Waals surface area contributed by atoms with Crippen LogP contribution in [-0.2, 0) is 0 Å². The minimum atomic E-state index is -0.319. The highest BCUT2D eigenvalue weighted by Crippen LogP contribution is 2.17. The van der Waals surface area contributed by atoms with Crippen molar-refractivity contribution in [2.45, 2.75) is 6.92 Å². The van der Waals surface area contributed by atoms with E-state index in [-0.39, 0.29) is 11.8 Å². The molecule has 3 rings (SSSR count). The lowest BCUT2D eigenvalue weighted by atomic mass is 10.1. The van der Waals surface area contributed by atoms with Gasteiger partial charge in [-0.05, 0) is 31.2 Å². The molecule has 0 aliphatic rings. The molecule has 0 atom stereocenters. The molecule has 0 saturated carbocycles. The SMILES string of the molecule is CCNC(=O)c1ccccc1NC(=O)c1ccnc(-n2ccnc2)c1. The van der Waals surface area contributed by atoms with Crippen molar-refractivity contribution in [3.8, 4) is 5.82 Å². The molecule has 25 heavy (non-hydrogen) atoms. The maximum absolute atomic E-state index is 12.6. The summed E-state index contributed by atoms with van der Waals surface area (Å²) in [5, 5.41) is 5.52. The number of para-hydroxylation sites is 1. The highest BCUT2D eigenvalue weighted by atomic mass is 16.2. The van der Waals surface area contributed by atoms with Gasteiger partial charge in [-0.3, -0.25) is 14.2 Å². The number of nitrogens with one attached hydrogen (secondary N) is 2. The number of anilines is 1. The summed E-state index contributed by atoms with van der Waals surface area (Å²) in [5.74, 6) is 0.0370. The fourth-order valence-electron chi connectivity index (χ4n) is 2.34. The number of amides is 2. The van der Waals surface area contributed by atoms with Crippen LogP contribution in [0.15, 0.2) is 61.3 Å². The van der Waals surface area contributed by atoms with Crippen molar-refractivity contribution in [2.24, 2.45) is 0 Å². The van der Waals surface area contributed by atoms with Crippen LogP contribution in [0.2, 0.25) is 0 Å². The van der Waals surface area contributed by atoms with E-state index in [9.17, 15) is 9.59 Å². The lowest BCUT2D eigenvalue weighted by Gasteiger charge is -2.11. The molecule has 2 heterocycles. The number of rotatable bonds is 5. The van der Waals surface area contributed by atoms with Gasteiger partial charge in [0, 0.05) is 30.7 Å². The van der Waals surface area contributed by atoms with E-state index in [0.29, 0.717) is 29.2 Å². The van der Waals surface area contributed by atoms with Crippen LogP contribution in [0, 0.1) is 0 Å². The minimum absolute atomic E-state index is 0.229. The third-order valence-electron chi connectivity index (χ3n) is 3.53. The van der Waals surface area contributed by atoms with Gasteiger partial charge in [0.25, 0.3) is 11.8 Å².